The summed E-state index contributed by atoms with van der Waals surface area (Å²) < 4.78 is 9.33. The van der Waals surface area contributed by atoms with Crippen molar-refractivity contribution in [1.29, 1.82) is 0 Å². The Balaban J connectivity index is 3.64. The molecule has 0 rings (SSSR count). The van der Waals surface area contributed by atoms with Crippen molar-refractivity contribution in [1.82, 2.24) is 0 Å². The number of carbonyl (C=O) groups is 1. The van der Waals surface area contributed by atoms with Crippen LogP contribution in [0.2, 0.25) is 0 Å². The molecule has 0 aromatic carbocycles. The monoisotopic (exact) mass is 206 g/mol. The molecule has 2 atom stereocenters. The quantitative estimate of drug-likeness (QED) is 0.625. The van der Waals surface area contributed by atoms with Crippen LogP contribution in [0.15, 0.2) is 0 Å². The summed E-state index contributed by atoms with van der Waals surface area (Å²) in [4.78, 5) is 10.9. The van der Waals surface area contributed by atoms with Crippen LogP contribution in [0.4, 0.5) is 4.79 Å². The van der Waals surface area contributed by atoms with Crippen LogP contribution in [0, 0.1) is 0 Å². The second-order valence-electron chi connectivity index (χ2n) is 2.95. The summed E-state index contributed by atoms with van der Waals surface area (Å²) in [7, 11) is 0. The first-order chi connectivity index (χ1) is 6.63. The molecule has 14 heavy (non-hydrogen) atoms. The molecule has 0 heterocycles. The lowest BCUT2D eigenvalue weighted by atomic mass is 10.3. The van der Waals surface area contributed by atoms with Crippen LogP contribution in [-0.4, -0.2) is 41.8 Å². The molecule has 0 saturated heterocycles. The van der Waals surface area contributed by atoms with Gasteiger partial charge in [-0.3, -0.25) is 0 Å². The molecule has 0 aliphatic carbocycles. The highest BCUT2D eigenvalue weighted by Crippen LogP contribution is 2.00. The normalized spacial score (nSPS) is 14.6. The number of aliphatic hydroxyl groups excluding tert-OH is 2. The summed E-state index contributed by atoms with van der Waals surface area (Å²) in [5, 5.41) is 17.8. The maximum absolute atomic E-state index is 10.9. The van der Waals surface area contributed by atoms with Crippen molar-refractivity contribution in [3.05, 3.63) is 0 Å². The number of hydrogen-bond donors (Lipinski definition) is 2. The van der Waals surface area contributed by atoms with Gasteiger partial charge in [0.25, 0.3) is 0 Å². The van der Waals surface area contributed by atoms with Gasteiger partial charge in [0, 0.05) is 0 Å². The Kier molecular flexibility index (Phi) is 7.14. The second-order valence-corrected chi connectivity index (χ2v) is 2.95. The van der Waals surface area contributed by atoms with E-state index in [-0.39, 0.29) is 13.2 Å². The van der Waals surface area contributed by atoms with Crippen LogP contribution in [-0.2, 0) is 9.47 Å². The van der Waals surface area contributed by atoms with Gasteiger partial charge in [-0.2, -0.15) is 0 Å². The SMILES string of the molecule is CCC(O)COC(=O)OC(CC)CO. The van der Waals surface area contributed by atoms with Gasteiger partial charge < -0.3 is 19.7 Å². The Hall–Kier alpha value is -0.810. The molecule has 0 amide bonds. The molecule has 0 bridgehead atoms. The minimum atomic E-state index is -0.849. The second kappa shape index (κ2) is 7.58. The zero-order chi connectivity index (χ0) is 11.0. The highest BCUT2D eigenvalue weighted by Gasteiger charge is 2.13. The average molecular weight is 206 g/mol. The van der Waals surface area contributed by atoms with Crippen LogP contribution in [0.1, 0.15) is 26.7 Å². The maximum atomic E-state index is 10.9. The highest BCUT2D eigenvalue weighted by molar-refractivity contribution is 5.60. The molecule has 0 aromatic rings. The third kappa shape index (κ3) is 5.77. The van der Waals surface area contributed by atoms with Gasteiger partial charge in [-0.05, 0) is 12.8 Å². The fourth-order valence-corrected chi connectivity index (χ4v) is 0.702. The molecule has 0 aromatic heterocycles. The first kappa shape index (κ1) is 13.2. The predicted octanol–water partition coefficient (Wildman–Crippen LogP) is 0.681. The summed E-state index contributed by atoms with van der Waals surface area (Å²) in [6.07, 6.45) is -0.983. The summed E-state index contributed by atoms with van der Waals surface area (Å²) in [6, 6.07) is 0. The van der Waals surface area contributed by atoms with E-state index in [0.29, 0.717) is 12.8 Å². The summed E-state index contributed by atoms with van der Waals surface area (Å²) in [5.74, 6) is 0. The Morgan fingerprint density at radius 2 is 2.00 bits per heavy atom. The Morgan fingerprint density at radius 3 is 2.43 bits per heavy atom. The van der Waals surface area contributed by atoms with Crippen molar-refractivity contribution in [2.45, 2.75) is 38.9 Å². The molecule has 2 unspecified atom stereocenters. The van der Waals surface area contributed by atoms with Crippen molar-refractivity contribution in [2.75, 3.05) is 13.2 Å². The van der Waals surface area contributed by atoms with Crippen LogP contribution in [0.5, 0.6) is 0 Å². The smallest absolute Gasteiger partial charge is 0.432 e. The van der Waals surface area contributed by atoms with Crippen LogP contribution in [0.25, 0.3) is 0 Å². The predicted molar refractivity (Wildman–Crippen MR) is 49.9 cm³/mol. The van der Waals surface area contributed by atoms with E-state index >= 15 is 0 Å². The molecule has 5 nitrogen and oxygen atoms in total. The molecule has 84 valence electrons. The average Bonchev–Trinajstić information content (AvgIpc) is 2.22. The van der Waals surface area contributed by atoms with Crippen LogP contribution >= 0.6 is 0 Å². The van der Waals surface area contributed by atoms with Gasteiger partial charge in [-0.25, -0.2) is 4.79 Å². The van der Waals surface area contributed by atoms with Gasteiger partial charge in [0.2, 0.25) is 0 Å². The fraction of sp³-hybridized carbons (Fsp3) is 0.889. The molecular weight excluding hydrogens is 188 g/mol. The summed E-state index contributed by atoms with van der Waals surface area (Å²) >= 11 is 0. The number of rotatable bonds is 6. The topological polar surface area (TPSA) is 76.0 Å². The molecule has 2 N–H and O–H groups in total. The molecule has 0 aliphatic rings. The van der Waals surface area contributed by atoms with Gasteiger partial charge in [0.1, 0.15) is 12.7 Å². The fourth-order valence-electron chi connectivity index (χ4n) is 0.702. The molecule has 0 aliphatic heterocycles. The number of carbonyl (C=O) groups excluding carboxylic acids is 1. The molecule has 5 heteroatoms. The minimum Gasteiger partial charge on any atom is -0.432 e. The van der Waals surface area contributed by atoms with E-state index in [1.807, 2.05) is 0 Å². The third-order valence-electron chi connectivity index (χ3n) is 1.79. The standard InChI is InChI=1S/C9H18O5/c1-3-7(11)6-13-9(12)14-8(4-2)5-10/h7-8,10-11H,3-6H2,1-2H3. The van der Waals surface area contributed by atoms with E-state index in [4.69, 9.17) is 14.9 Å². The van der Waals surface area contributed by atoms with Crippen LogP contribution < -0.4 is 0 Å². The Morgan fingerprint density at radius 1 is 1.36 bits per heavy atom. The summed E-state index contributed by atoms with van der Waals surface area (Å²) in [6.45, 7) is 3.27. The highest BCUT2D eigenvalue weighted by atomic mass is 16.7. The van der Waals surface area contributed by atoms with E-state index in [0.717, 1.165) is 0 Å². The minimum absolute atomic E-state index is 0.0722. The zero-order valence-electron chi connectivity index (χ0n) is 8.60. The first-order valence-electron chi connectivity index (χ1n) is 4.76. The number of aliphatic hydroxyl groups is 2. The Labute approximate surface area is 83.6 Å². The van der Waals surface area contributed by atoms with Gasteiger partial charge >= 0.3 is 6.16 Å². The first-order valence-corrected chi connectivity index (χ1v) is 4.76. The lowest BCUT2D eigenvalue weighted by molar-refractivity contribution is -0.0168. The van der Waals surface area contributed by atoms with Crippen molar-refractivity contribution in [2.24, 2.45) is 0 Å². The van der Waals surface area contributed by atoms with Gasteiger partial charge in [0.05, 0.1) is 12.7 Å². The molecule has 0 spiro atoms. The maximum Gasteiger partial charge on any atom is 0.508 e. The molecular formula is C9H18O5. The lowest BCUT2D eigenvalue weighted by Gasteiger charge is -2.14. The van der Waals surface area contributed by atoms with E-state index < -0.39 is 18.4 Å². The molecule has 0 saturated carbocycles. The van der Waals surface area contributed by atoms with Crippen molar-refractivity contribution >= 4 is 6.16 Å². The number of ether oxygens (including phenoxy) is 2. The largest absolute Gasteiger partial charge is 0.508 e. The zero-order valence-corrected chi connectivity index (χ0v) is 8.60. The van der Waals surface area contributed by atoms with E-state index in [9.17, 15) is 4.79 Å². The van der Waals surface area contributed by atoms with Gasteiger partial charge in [0.15, 0.2) is 0 Å². The van der Waals surface area contributed by atoms with Crippen molar-refractivity contribution < 1.29 is 24.5 Å². The van der Waals surface area contributed by atoms with Gasteiger partial charge in [-0.15, -0.1) is 0 Å². The van der Waals surface area contributed by atoms with E-state index in [1.165, 1.54) is 0 Å². The van der Waals surface area contributed by atoms with Crippen LogP contribution in [0.3, 0.4) is 0 Å². The van der Waals surface area contributed by atoms with Gasteiger partial charge in [-0.1, -0.05) is 13.8 Å². The number of hydrogen-bond acceptors (Lipinski definition) is 5. The molecule has 0 fully saturated rings. The van der Waals surface area contributed by atoms with E-state index in [2.05, 4.69) is 4.74 Å². The lowest BCUT2D eigenvalue weighted by Crippen LogP contribution is -2.24. The Bertz CT molecular complexity index is 155. The van der Waals surface area contributed by atoms with Crippen molar-refractivity contribution in [3.8, 4) is 0 Å². The summed E-state index contributed by atoms with van der Waals surface area (Å²) in [5.41, 5.74) is 0. The van der Waals surface area contributed by atoms with Crippen molar-refractivity contribution in [3.63, 3.8) is 0 Å². The molecule has 0 radical (unpaired) electrons. The third-order valence-corrected chi connectivity index (χ3v) is 1.79. The van der Waals surface area contributed by atoms with E-state index in [1.54, 1.807) is 13.8 Å².